The summed E-state index contributed by atoms with van der Waals surface area (Å²) in [4.78, 5) is 0. The lowest BCUT2D eigenvalue weighted by molar-refractivity contribution is 0.336. The number of nitrogens with one attached hydrogen (secondary N) is 1. The minimum absolute atomic E-state index is 0.581. The molecule has 0 amide bonds. The van der Waals surface area contributed by atoms with Crippen molar-refractivity contribution < 1.29 is 0 Å². The van der Waals surface area contributed by atoms with Crippen LogP contribution in [0.5, 0.6) is 0 Å². The molecular weight excluding hydrogens is 322 g/mol. The van der Waals surface area contributed by atoms with Crippen molar-refractivity contribution in [3.8, 4) is 0 Å². The largest absolute Gasteiger partial charge is 0.310 e. The van der Waals surface area contributed by atoms with Crippen LogP contribution >= 0.6 is 27.5 Å². The van der Waals surface area contributed by atoms with Crippen molar-refractivity contribution >= 4 is 27.5 Å². The molecule has 1 aromatic rings. The van der Waals surface area contributed by atoms with Gasteiger partial charge in [-0.1, -0.05) is 59.3 Å². The molecule has 2 rings (SSSR count). The van der Waals surface area contributed by atoms with Crippen LogP contribution in [0.15, 0.2) is 22.7 Å². The third kappa shape index (κ3) is 4.77. The van der Waals surface area contributed by atoms with Crippen LogP contribution in [0.3, 0.4) is 0 Å². The monoisotopic (exact) mass is 343 g/mol. The highest BCUT2D eigenvalue weighted by Gasteiger charge is 2.18. The van der Waals surface area contributed by atoms with Crippen LogP contribution in [-0.2, 0) is 6.54 Å². The molecule has 1 nitrogen and oxygen atoms in total. The molecule has 0 radical (unpaired) electrons. The molecule has 0 spiro atoms. The highest BCUT2D eigenvalue weighted by molar-refractivity contribution is 9.10. The summed E-state index contributed by atoms with van der Waals surface area (Å²) in [6.45, 7) is 3.19. The summed E-state index contributed by atoms with van der Waals surface area (Å²) in [6, 6.07) is 6.70. The van der Waals surface area contributed by atoms with Gasteiger partial charge >= 0.3 is 0 Å². The number of rotatable bonds is 4. The van der Waals surface area contributed by atoms with Gasteiger partial charge in [0.25, 0.3) is 0 Å². The minimum Gasteiger partial charge on any atom is -0.310 e. The molecule has 0 saturated heterocycles. The fraction of sp³-hybridized carbons (Fsp3) is 0.625. The zero-order valence-corrected chi connectivity index (χ0v) is 13.9. The van der Waals surface area contributed by atoms with E-state index in [4.69, 9.17) is 11.6 Å². The molecule has 1 aliphatic carbocycles. The molecule has 0 aliphatic heterocycles. The lowest BCUT2D eigenvalue weighted by Gasteiger charge is -2.24. The molecule has 1 aliphatic rings. The van der Waals surface area contributed by atoms with E-state index in [0.29, 0.717) is 6.04 Å². The average molecular weight is 345 g/mol. The van der Waals surface area contributed by atoms with Crippen LogP contribution in [0, 0.1) is 5.92 Å². The Kier molecular flexibility index (Phi) is 6.18. The molecule has 1 atom stereocenters. The zero-order valence-electron chi connectivity index (χ0n) is 11.6. The van der Waals surface area contributed by atoms with E-state index in [2.05, 4.69) is 40.3 Å². The maximum absolute atomic E-state index is 6.25. The molecular formula is C16H23BrClN. The van der Waals surface area contributed by atoms with E-state index in [1.165, 1.54) is 44.1 Å². The van der Waals surface area contributed by atoms with Gasteiger partial charge in [0.05, 0.1) is 0 Å². The summed E-state index contributed by atoms with van der Waals surface area (Å²) >= 11 is 9.70. The van der Waals surface area contributed by atoms with E-state index >= 15 is 0 Å². The minimum atomic E-state index is 0.581. The van der Waals surface area contributed by atoms with Crippen LogP contribution in [0.25, 0.3) is 0 Å². The van der Waals surface area contributed by atoms with E-state index in [1.807, 2.05) is 6.07 Å². The van der Waals surface area contributed by atoms with Gasteiger partial charge in [-0.2, -0.15) is 0 Å². The van der Waals surface area contributed by atoms with E-state index in [9.17, 15) is 0 Å². The lowest BCUT2D eigenvalue weighted by atomic mass is 9.93. The Balaban J connectivity index is 1.86. The quantitative estimate of drug-likeness (QED) is 0.706. The summed E-state index contributed by atoms with van der Waals surface area (Å²) in [6.07, 6.45) is 8.39. The SMILES string of the molecule is C[C@@H](NCc1ccc(Br)cc1Cl)C1CCCCCC1. The van der Waals surface area contributed by atoms with Crippen LogP contribution in [0.1, 0.15) is 51.0 Å². The summed E-state index contributed by atoms with van der Waals surface area (Å²) < 4.78 is 1.04. The van der Waals surface area contributed by atoms with E-state index < -0.39 is 0 Å². The van der Waals surface area contributed by atoms with Crippen molar-refractivity contribution in [1.82, 2.24) is 5.32 Å². The van der Waals surface area contributed by atoms with Gasteiger partial charge in [0.1, 0.15) is 0 Å². The van der Waals surface area contributed by atoms with Gasteiger partial charge in [-0.05, 0) is 43.4 Å². The smallest absolute Gasteiger partial charge is 0.0462 e. The van der Waals surface area contributed by atoms with E-state index in [0.717, 1.165) is 22.0 Å². The van der Waals surface area contributed by atoms with E-state index in [-0.39, 0.29) is 0 Å². The predicted octanol–water partition coefficient (Wildman–Crippen LogP) is 5.55. The van der Waals surface area contributed by atoms with Crippen molar-refractivity contribution in [2.45, 2.75) is 58.0 Å². The molecule has 0 aromatic heterocycles. The Morgan fingerprint density at radius 3 is 2.58 bits per heavy atom. The lowest BCUT2D eigenvalue weighted by Crippen LogP contribution is -2.33. The Bertz CT molecular complexity index is 400. The van der Waals surface area contributed by atoms with Gasteiger partial charge in [-0.25, -0.2) is 0 Å². The molecule has 1 saturated carbocycles. The second kappa shape index (κ2) is 7.66. The van der Waals surface area contributed by atoms with Crippen molar-refractivity contribution in [2.75, 3.05) is 0 Å². The van der Waals surface area contributed by atoms with Crippen molar-refractivity contribution in [1.29, 1.82) is 0 Å². The summed E-state index contributed by atoms with van der Waals surface area (Å²) in [5.41, 5.74) is 1.19. The van der Waals surface area contributed by atoms with Crippen LogP contribution in [0.4, 0.5) is 0 Å². The van der Waals surface area contributed by atoms with Crippen LogP contribution < -0.4 is 5.32 Å². The molecule has 1 N–H and O–H groups in total. The van der Waals surface area contributed by atoms with Crippen LogP contribution in [0.2, 0.25) is 5.02 Å². The second-order valence-corrected chi connectivity index (χ2v) is 6.98. The topological polar surface area (TPSA) is 12.0 Å². The molecule has 1 fully saturated rings. The Morgan fingerprint density at radius 1 is 1.26 bits per heavy atom. The molecule has 0 heterocycles. The zero-order chi connectivity index (χ0) is 13.7. The van der Waals surface area contributed by atoms with Crippen molar-refractivity contribution in [3.63, 3.8) is 0 Å². The molecule has 0 unspecified atom stereocenters. The van der Waals surface area contributed by atoms with Gasteiger partial charge in [-0.15, -0.1) is 0 Å². The third-order valence-corrected chi connectivity index (χ3v) is 5.08. The first-order valence-corrected chi connectivity index (χ1v) is 8.51. The first kappa shape index (κ1) is 15.3. The average Bonchev–Trinajstić information content (AvgIpc) is 2.66. The second-order valence-electron chi connectivity index (χ2n) is 5.66. The predicted molar refractivity (Wildman–Crippen MR) is 86.6 cm³/mol. The Morgan fingerprint density at radius 2 is 1.95 bits per heavy atom. The Labute approximate surface area is 130 Å². The molecule has 3 heteroatoms. The summed E-state index contributed by atoms with van der Waals surface area (Å²) in [5, 5.41) is 4.50. The summed E-state index contributed by atoms with van der Waals surface area (Å²) in [7, 11) is 0. The number of halogens is 2. The normalized spacial score (nSPS) is 19.1. The van der Waals surface area contributed by atoms with Gasteiger partial charge in [0, 0.05) is 22.1 Å². The van der Waals surface area contributed by atoms with Gasteiger partial charge < -0.3 is 5.32 Å². The molecule has 106 valence electrons. The maximum Gasteiger partial charge on any atom is 0.0462 e. The molecule has 1 aromatic carbocycles. The summed E-state index contributed by atoms with van der Waals surface area (Å²) in [5.74, 6) is 0.830. The number of benzene rings is 1. The van der Waals surface area contributed by atoms with Crippen molar-refractivity contribution in [2.24, 2.45) is 5.92 Å². The maximum atomic E-state index is 6.25. The highest BCUT2D eigenvalue weighted by atomic mass is 79.9. The molecule has 0 bridgehead atoms. The molecule has 19 heavy (non-hydrogen) atoms. The van der Waals surface area contributed by atoms with Gasteiger partial charge in [0.2, 0.25) is 0 Å². The first-order valence-electron chi connectivity index (χ1n) is 7.34. The van der Waals surface area contributed by atoms with E-state index in [1.54, 1.807) is 0 Å². The fourth-order valence-corrected chi connectivity index (χ4v) is 3.65. The highest BCUT2D eigenvalue weighted by Crippen LogP contribution is 2.26. The van der Waals surface area contributed by atoms with Gasteiger partial charge in [-0.3, -0.25) is 0 Å². The fourth-order valence-electron chi connectivity index (χ4n) is 2.91. The van der Waals surface area contributed by atoms with Crippen LogP contribution in [-0.4, -0.2) is 6.04 Å². The third-order valence-electron chi connectivity index (χ3n) is 4.24. The standard InChI is InChI=1S/C16H23BrClN/c1-12(13-6-4-2-3-5-7-13)19-11-14-8-9-15(17)10-16(14)18/h8-10,12-13,19H,2-7,11H2,1H3/t12-/m1/s1. The number of hydrogen-bond donors (Lipinski definition) is 1. The van der Waals surface area contributed by atoms with Gasteiger partial charge in [0.15, 0.2) is 0 Å². The van der Waals surface area contributed by atoms with Crippen molar-refractivity contribution in [3.05, 3.63) is 33.3 Å². The first-order chi connectivity index (χ1) is 9.16. The Hall–Kier alpha value is -0.0500. The number of hydrogen-bond acceptors (Lipinski definition) is 1.